The van der Waals surface area contributed by atoms with Crippen LogP contribution >= 0.6 is 0 Å². The van der Waals surface area contributed by atoms with Crippen LogP contribution in [0.25, 0.3) is 21.9 Å². The van der Waals surface area contributed by atoms with Crippen molar-refractivity contribution in [2.45, 2.75) is 25.5 Å². The molecular formula is C24H23N3O3. The summed E-state index contributed by atoms with van der Waals surface area (Å²) in [6, 6.07) is 19.7. The minimum atomic E-state index is -0.341. The third-order valence-corrected chi connectivity index (χ3v) is 5.48. The monoisotopic (exact) mass is 401 g/mol. The third kappa shape index (κ3) is 3.74. The molecule has 4 aromatic rings. The Balaban J connectivity index is 1.34. The molecule has 0 saturated carbocycles. The number of benzene rings is 3. The van der Waals surface area contributed by atoms with Gasteiger partial charge in [0.25, 0.3) is 5.89 Å². The smallest absolute Gasteiger partial charge is 0.307 e. The van der Waals surface area contributed by atoms with Gasteiger partial charge in [0.05, 0.1) is 0 Å². The van der Waals surface area contributed by atoms with E-state index >= 15 is 0 Å². The Morgan fingerprint density at radius 2 is 1.87 bits per heavy atom. The molecular weight excluding hydrogens is 378 g/mol. The maximum absolute atomic E-state index is 12.7. The molecule has 1 aliphatic rings. The number of carbonyl (C=O) groups excluding carboxylic acids is 1. The van der Waals surface area contributed by atoms with Gasteiger partial charge >= 0.3 is 5.91 Å². The lowest BCUT2D eigenvalue weighted by Gasteiger charge is -2.23. The molecule has 6 heteroatoms. The van der Waals surface area contributed by atoms with E-state index in [9.17, 15) is 4.79 Å². The van der Waals surface area contributed by atoms with E-state index in [0.717, 1.165) is 42.3 Å². The van der Waals surface area contributed by atoms with Crippen molar-refractivity contribution in [1.82, 2.24) is 15.6 Å². The molecule has 0 spiro atoms. The fourth-order valence-corrected chi connectivity index (χ4v) is 3.91. The van der Waals surface area contributed by atoms with Gasteiger partial charge in [0.1, 0.15) is 11.9 Å². The third-order valence-electron chi connectivity index (χ3n) is 5.48. The fraction of sp³-hybridized carbons (Fsp3) is 0.250. The molecule has 0 aliphatic carbocycles. The van der Waals surface area contributed by atoms with Gasteiger partial charge in [-0.1, -0.05) is 48.5 Å². The Kier molecular flexibility index (Phi) is 5.07. The van der Waals surface area contributed by atoms with Crippen molar-refractivity contribution in [3.63, 3.8) is 0 Å². The molecule has 1 aliphatic heterocycles. The van der Waals surface area contributed by atoms with Crippen LogP contribution in [0.2, 0.25) is 0 Å². The van der Waals surface area contributed by atoms with E-state index < -0.39 is 0 Å². The van der Waals surface area contributed by atoms with Gasteiger partial charge in [0.2, 0.25) is 0 Å². The molecule has 3 aromatic carbocycles. The largest absolute Gasteiger partial charge is 0.488 e. The first-order valence-electron chi connectivity index (χ1n) is 10.3. The van der Waals surface area contributed by atoms with E-state index in [1.807, 2.05) is 36.4 Å². The van der Waals surface area contributed by atoms with Crippen LogP contribution in [-0.2, 0) is 6.54 Å². The zero-order chi connectivity index (χ0) is 20.3. The van der Waals surface area contributed by atoms with Gasteiger partial charge in [-0.3, -0.25) is 4.79 Å². The molecule has 1 saturated heterocycles. The number of amides is 1. The summed E-state index contributed by atoms with van der Waals surface area (Å²) in [6.07, 6.45) is 2.05. The summed E-state index contributed by atoms with van der Waals surface area (Å²) in [4.78, 5) is 17.1. The van der Waals surface area contributed by atoms with Gasteiger partial charge in [0, 0.05) is 6.54 Å². The van der Waals surface area contributed by atoms with E-state index in [0.29, 0.717) is 23.4 Å². The van der Waals surface area contributed by atoms with Crippen LogP contribution in [0.15, 0.2) is 65.1 Å². The molecule has 2 N–H and O–H groups in total. The second-order valence-electron chi connectivity index (χ2n) is 7.51. The maximum Gasteiger partial charge on any atom is 0.307 e. The van der Waals surface area contributed by atoms with Gasteiger partial charge in [-0.25, -0.2) is 4.98 Å². The molecule has 152 valence electrons. The van der Waals surface area contributed by atoms with Crippen molar-refractivity contribution in [2.75, 3.05) is 13.1 Å². The highest BCUT2D eigenvalue weighted by atomic mass is 16.5. The number of oxazole rings is 1. The molecule has 0 radical (unpaired) electrons. The molecule has 1 amide bonds. The Hall–Kier alpha value is -3.38. The molecule has 6 nitrogen and oxygen atoms in total. The number of nitrogens with zero attached hydrogens (tertiary/aromatic N) is 1. The van der Waals surface area contributed by atoms with Crippen molar-refractivity contribution in [2.24, 2.45) is 0 Å². The maximum atomic E-state index is 12.7. The summed E-state index contributed by atoms with van der Waals surface area (Å²) in [5.41, 5.74) is 2.19. The Labute approximate surface area is 174 Å². The summed E-state index contributed by atoms with van der Waals surface area (Å²) in [5, 5.41) is 8.52. The molecule has 0 unspecified atom stereocenters. The van der Waals surface area contributed by atoms with Crippen molar-refractivity contribution in [1.29, 1.82) is 0 Å². The summed E-state index contributed by atoms with van der Waals surface area (Å²) in [6.45, 7) is 2.29. The van der Waals surface area contributed by atoms with E-state index in [4.69, 9.17) is 9.15 Å². The number of hydrogen-bond acceptors (Lipinski definition) is 5. The van der Waals surface area contributed by atoms with E-state index in [1.165, 1.54) is 0 Å². The predicted octanol–water partition coefficient (Wildman–Crippen LogP) is 4.04. The number of nitrogens with one attached hydrogen (secondary N) is 2. The highest BCUT2D eigenvalue weighted by Crippen LogP contribution is 2.28. The fourth-order valence-electron chi connectivity index (χ4n) is 3.91. The lowest BCUT2D eigenvalue weighted by molar-refractivity contribution is 0.0918. The van der Waals surface area contributed by atoms with Crippen LogP contribution in [0.4, 0.5) is 0 Å². The second-order valence-corrected chi connectivity index (χ2v) is 7.51. The number of piperidine rings is 1. The standard InChI is InChI=1S/C24H23N3O3/c28-23(26-15-17-7-3-6-16-5-1-2-8-19(16)17)24-27-22-20(9-4-10-21(22)30-24)29-18-11-13-25-14-12-18/h1-10,18,25H,11-15H2,(H,26,28). The molecule has 0 atom stereocenters. The lowest BCUT2D eigenvalue weighted by atomic mass is 10.0. The van der Waals surface area contributed by atoms with Gasteiger partial charge in [-0.05, 0) is 54.4 Å². The van der Waals surface area contributed by atoms with E-state index in [-0.39, 0.29) is 17.9 Å². The minimum absolute atomic E-state index is 0.0478. The summed E-state index contributed by atoms with van der Waals surface area (Å²) < 4.78 is 11.9. The normalized spacial score (nSPS) is 14.8. The SMILES string of the molecule is O=C(NCc1cccc2ccccc12)c1nc2c(OC3CCNCC3)cccc2o1. The minimum Gasteiger partial charge on any atom is -0.488 e. The van der Waals surface area contributed by atoms with E-state index in [2.05, 4.69) is 33.8 Å². The number of para-hydroxylation sites is 1. The first kappa shape index (κ1) is 18.6. The molecule has 1 fully saturated rings. The van der Waals surface area contributed by atoms with Gasteiger partial charge < -0.3 is 19.8 Å². The topological polar surface area (TPSA) is 76.4 Å². The summed E-state index contributed by atoms with van der Waals surface area (Å²) in [7, 11) is 0. The quantitative estimate of drug-likeness (QED) is 0.528. The van der Waals surface area contributed by atoms with Gasteiger partial charge in [-0.2, -0.15) is 0 Å². The number of fused-ring (bicyclic) bond motifs is 2. The van der Waals surface area contributed by atoms with Crippen LogP contribution in [0.3, 0.4) is 0 Å². The number of carbonyl (C=O) groups is 1. The zero-order valence-corrected chi connectivity index (χ0v) is 16.6. The van der Waals surface area contributed by atoms with Crippen LogP contribution in [0, 0.1) is 0 Å². The molecule has 2 heterocycles. The summed E-state index contributed by atoms with van der Waals surface area (Å²) >= 11 is 0. The summed E-state index contributed by atoms with van der Waals surface area (Å²) in [5.74, 6) is 0.370. The Morgan fingerprint density at radius 3 is 2.77 bits per heavy atom. The number of hydrogen-bond donors (Lipinski definition) is 2. The van der Waals surface area contributed by atoms with Crippen molar-refractivity contribution in [3.05, 3.63) is 72.1 Å². The average Bonchev–Trinajstić information content (AvgIpc) is 3.24. The van der Waals surface area contributed by atoms with Crippen LogP contribution in [0.1, 0.15) is 29.1 Å². The lowest BCUT2D eigenvalue weighted by Crippen LogP contribution is -2.34. The first-order valence-corrected chi connectivity index (χ1v) is 10.3. The number of aromatic nitrogens is 1. The highest BCUT2D eigenvalue weighted by Gasteiger charge is 2.20. The van der Waals surface area contributed by atoms with Crippen molar-refractivity contribution >= 4 is 27.8 Å². The Bertz CT molecular complexity index is 1190. The first-order chi connectivity index (χ1) is 14.8. The molecule has 30 heavy (non-hydrogen) atoms. The van der Waals surface area contributed by atoms with Crippen LogP contribution in [-0.4, -0.2) is 30.1 Å². The second kappa shape index (κ2) is 8.16. The van der Waals surface area contributed by atoms with E-state index in [1.54, 1.807) is 6.07 Å². The number of rotatable bonds is 5. The van der Waals surface area contributed by atoms with Gasteiger partial charge in [0.15, 0.2) is 11.1 Å². The molecule has 5 rings (SSSR count). The molecule has 1 aromatic heterocycles. The molecule has 0 bridgehead atoms. The van der Waals surface area contributed by atoms with Crippen LogP contribution < -0.4 is 15.4 Å². The van der Waals surface area contributed by atoms with Gasteiger partial charge in [-0.15, -0.1) is 0 Å². The van der Waals surface area contributed by atoms with Crippen molar-refractivity contribution < 1.29 is 13.9 Å². The predicted molar refractivity (Wildman–Crippen MR) is 116 cm³/mol. The Morgan fingerprint density at radius 1 is 1.07 bits per heavy atom. The number of ether oxygens (including phenoxy) is 1. The highest BCUT2D eigenvalue weighted by molar-refractivity contribution is 5.94. The average molecular weight is 401 g/mol. The van der Waals surface area contributed by atoms with Crippen molar-refractivity contribution in [3.8, 4) is 5.75 Å². The zero-order valence-electron chi connectivity index (χ0n) is 16.6. The van der Waals surface area contributed by atoms with Crippen LogP contribution in [0.5, 0.6) is 5.75 Å².